The van der Waals surface area contributed by atoms with Crippen LogP contribution < -0.4 is 15.5 Å². The molecule has 2 N–H and O–H groups in total. The second-order valence-electron chi connectivity index (χ2n) is 6.25. The van der Waals surface area contributed by atoms with Gasteiger partial charge in [0.15, 0.2) is 0 Å². The second kappa shape index (κ2) is 7.86. The van der Waals surface area contributed by atoms with Gasteiger partial charge in [-0.3, -0.25) is 4.68 Å². The average Bonchev–Trinajstić information content (AvgIpc) is 3.21. The van der Waals surface area contributed by atoms with Gasteiger partial charge in [-0.1, -0.05) is 18.2 Å². The minimum Gasteiger partial charge on any atom is -0.371 e. The van der Waals surface area contributed by atoms with E-state index >= 15 is 0 Å². The molecule has 0 saturated heterocycles. The van der Waals surface area contributed by atoms with Crippen LogP contribution in [0.1, 0.15) is 18.9 Å². The van der Waals surface area contributed by atoms with E-state index in [1.54, 1.807) is 6.20 Å². The maximum absolute atomic E-state index is 11.9. The summed E-state index contributed by atoms with van der Waals surface area (Å²) < 4.78 is 1.82. The molecular formula is C18H25N5O. The SMILES string of the molecule is C[C@H](Cn1cccn1)NC(=O)NCCCN1CCc2ccccc21. The largest absolute Gasteiger partial charge is 0.371 e. The summed E-state index contributed by atoms with van der Waals surface area (Å²) >= 11 is 0. The van der Waals surface area contributed by atoms with Gasteiger partial charge in [0.2, 0.25) is 0 Å². The van der Waals surface area contributed by atoms with Crippen LogP contribution in [0.3, 0.4) is 0 Å². The Morgan fingerprint density at radius 3 is 3.04 bits per heavy atom. The first-order valence-corrected chi connectivity index (χ1v) is 8.57. The van der Waals surface area contributed by atoms with Crippen LogP contribution in [0, 0.1) is 0 Å². The van der Waals surface area contributed by atoms with Gasteiger partial charge in [-0.2, -0.15) is 5.10 Å². The smallest absolute Gasteiger partial charge is 0.315 e. The van der Waals surface area contributed by atoms with Crippen molar-refractivity contribution in [1.29, 1.82) is 0 Å². The van der Waals surface area contributed by atoms with Gasteiger partial charge < -0.3 is 15.5 Å². The van der Waals surface area contributed by atoms with Gasteiger partial charge in [-0.25, -0.2) is 4.79 Å². The number of anilines is 1. The van der Waals surface area contributed by atoms with Crippen molar-refractivity contribution < 1.29 is 4.79 Å². The molecule has 1 aromatic heterocycles. The number of aromatic nitrogens is 2. The minimum absolute atomic E-state index is 0.0374. The molecule has 128 valence electrons. The fraction of sp³-hybridized carbons (Fsp3) is 0.444. The Hall–Kier alpha value is -2.50. The van der Waals surface area contributed by atoms with Gasteiger partial charge in [-0.05, 0) is 37.5 Å². The molecule has 2 heterocycles. The summed E-state index contributed by atoms with van der Waals surface area (Å²) in [5.41, 5.74) is 2.77. The lowest BCUT2D eigenvalue weighted by atomic mass is 10.2. The van der Waals surface area contributed by atoms with E-state index < -0.39 is 0 Å². The Balaban J connectivity index is 1.33. The van der Waals surface area contributed by atoms with Crippen LogP contribution in [-0.4, -0.2) is 41.5 Å². The van der Waals surface area contributed by atoms with Crippen LogP contribution in [-0.2, 0) is 13.0 Å². The molecule has 0 aliphatic carbocycles. The first-order chi connectivity index (χ1) is 11.7. The van der Waals surface area contributed by atoms with Crippen LogP contribution in [0.15, 0.2) is 42.7 Å². The fourth-order valence-corrected chi connectivity index (χ4v) is 3.12. The molecule has 3 rings (SSSR count). The number of para-hydroxylation sites is 1. The maximum Gasteiger partial charge on any atom is 0.315 e. The highest BCUT2D eigenvalue weighted by molar-refractivity contribution is 5.74. The van der Waals surface area contributed by atoms with Crippen LogP contribution in [0.5, 0.6) is 0 Å². The van der Waals surface area contributed by atoms with Gasteiger partial charge in [-0.15, -0.1) is 0 Å². The van der Waals surface area contributed by atoms with Crippen molar-refractivity contribution in [3.05, 3.63) is 48.3 Å². The highest BCUT2D eigenvalue weighted by Crippen LogP contribution is 2.27. The summed E-state index contributed by atoms with van der Waals surface area (Å²) in [4.78, 5) is 14.3. The van der Waals surface area contributed by atoms with Gasteiger partial charge in [0.25, 0.3) is 0 Å². The number of rotatable bonds is 7. The van der Waals surface area contributed by atoms with E-state index in [9.17, 15) is 4.79 Å². The monoisotopic (exact) mass is 327 g/mol. The predicted molar refractivity (Wildman–Crippen MR) is 95.2 cm³/mol. The summed E-state index contributed by atoms with van der Waals surface area (Å²) in [6.07, 6.45) is 5.69. The quantitative estimate of drug-likeness (QED) is 0.765. The van der Waals surface area contributed by atoms with Crippen molar-refractivity contribution in [3.8, 4) is 0 Å². The highest BCUT2D eigenvalue weighted by atomic mass is 16.2. The van der Waals surface area contributed by atoms with Crippen LogP contribution in [0.25, 0.3) is 0 Å². The van der Waals surface area contributed by atoms with E-state index in [0.717, 1.165) is 25.9 Å². The molecule has 6 heteroatoms. The third-order valence-corrected chi connectivity index (χ3v) is 4.27. The van der Waals surface area contributed by atoms with E-state index in [0.29, 0.717) is 13.1 Å². The molecule has 1 aromatic carbocycles. The van der Waals surface area contributed by atoms with E-state index in [2.05, 4.69) is 44.9 Å². The van der Waals surface area contributed by atoms with Gasteiger partial charge >= 0.3 is 6.03 Å². The summed E-state index contributed by atoms with van der Waals surface area (Å²) in [6.45, 7) is 5.37. The molecule has 6 nitrogen and oxygen atoms in total. The van der Waals surface area contributed by atoms with E-state index in [1.165, 1.54) is 11.3 Å². The van der Waals surface area contributed by atoms with Gasteiger partial charge in [0, 0.05) is 43.8 Å². The third kappa shape index (κ3) is 4.28. The molecule has 0 spiro atoms. The molecule has 0 bridgehead atoms. The number of fused-ring (bicyclic) bond motifs is 1. The lowest BCUT2D eigenvalue weighted by molar-refractivity contribution is 0.236. The molecule has 0 unspecified atom stereocenters. The Bertz CT molecular complexity index is 655. The van der Waals surface area contributed by atoms with Crippen LogP contribution in [0.2, 0.25) is 0 Å². The number of hydrogen-bond donors (Lipinski definition) is 2. The summed E-state index contributed by atoms with van der Waals surface area (Å²) in [5.74, 6) is 0. The van der Waals surface area contributed by atoms with Gasteiger partial charge in [0.1, 0.15) is 0 Å². The number of nitrogens with zero attached hydrogens (tertiary/aromatic N) is 3. The molecule has 2 amide bonds. The standard InChI is InChI=1S/C18H25N5O/c1-15(14-23-12-5-10-20-23)21-18(24)19-9-4-11-22-13-8-16-6-2-3-7-17(16)22/h2-3,5-7,10,12,15H,4,8-9,11,13-14H2,1H3,(H2,19,21,24)/t15-/m1/s1. The second-order valence-corrected chi connectivity index (χ2v) is 6.25. The van der Waals surface area contributed by atoms with E-state index in [4.69, 9.17) is 0 Å². The number of hydrogen-bond acceptors (Lipinski definition) is 3. The number of urea groups is 1. The molecule has 0 fully saturated rings. The van der Waals surface area contributed by atoms with Crippen LogP contribution in [0.4, 0.5) is 10.5 Å². The Morgan fingerprint density at radius 2 is 2.21 bits per heavy atom. The third-order valence-electron chi connectivity index (χ3n) is 4.27. The van der Waals surface area contributed by atoms with Crippen molar-refractivity contribution in [1.82, 2.24) is 20.4 Å². The van der Waals surface area contributed by atoms with Crippen molar-refractivity contribution in [2.24, 2.45) is 0 Å². The Labute approximate surface area is 142 Å². The average molecular weight is 327 g/mol. The molecular weight excluding hydrogens is 302 g/mol. The minimum atomic E-state index is -0.114. The first kappa shape index (κ1) is 16.4. The number of carbonyl (C=O) groups is 1. The predicted octanol–water partition coefficient (Wildman–Crippen LogP) is 2.02. The zero-order chi connectivity index (χ0) is 16.8. The number of amides is 2. The Kier molecular flexibility index (Phi) is 5.36. The zero-order valence-corrected chi connectivity index (χ0v) is 14.1. The molecule has 1 aliphatic rings. The van der Waals surface area contributed by atoms with E-state index in [-0.39, 0.29) is 12.1 Å². The van der Waals surface area contributed by atoms with Gasteiger partial charge in [0.05, 0.1) is 6.54 Å². The molecule has 2 aromatic rings. The molecule has 24 heavy (non-hydrogen) atoms. The number of benzene rings is 1. The summed E-state index contributed by atoms with van der Waals surface area (Å²) in [5, 5.41) is 10.0. The molecule has 0 saturated carbocycles. The van der Waals surface area contributed by atoms with Crippen molar-refractivity contribution in [3.63, 3.8) is 0 Å². The zero-order valence-electron chi connectivity index (χ0n) is 14.1. The molecule has 1 aliphatic heterocycles. The normalized spacial score (nSPS) is 14.3. The molecule has 0 radical (unpaired) electrons. The summed E-state index contributed by atoms with van der Waals surface area (Å²) in [7, 11) is 0. The van der Waals surface area contributed by atoms with Crippen molar-refractivity contribution in [2.45, 2.75) is 32.4 Å². The number of carbonyl (C=O) groups excluding carboxylic acids is 1. The van der Waals surface area contributed by atoms with Crippen molar-refractivity contribution >= 4 is 11.7 Å². The fourth-order valence-electron chi connectivity index (χ4n) is 3.12. The maximum atomic E-state index is 11.9. The van der Waals surface area contributed by atoms with Crippen molar-refractivity contribution in [2.75, 3.05) is 24.5 Å². The lowest BCUT2D eigenvalue weighted by Crippen LogP contribution is -2.43. The van der Waals surface area contributed by atoms with E-state index in [1.807, 2.05) is 23.9 Å². The van der Waals surface area contributed by atoms with Crippen LogP contribution >= 0.6 is 0 Å². The number of nitrogens with one attached hydrogen (secondary N) is 2. The lowest BCUT2D eigenvalue weighted by Gasteiger charge is -2.19. The summed E-state index contributed by atoms with van der Waals surface area (Å²) in [6, 6.07) is 10.4. The highest BCUT2D eigenvalue weighted by Gasteiger charge is 2.17. The Morgan fingerprint density at radius 1 is 1.33 bits per heavy atom. The molecule has 1 atom stereocenters. The first-order valence-electron chi connectivity index (χ1n) is 8.57. The topological polar surface area (TPSA) is 62.2 Å².